The maximum absolute atomic E-state index is 6.74. The van der Waals surface area contributed by atoms with Gasteiger partial charge >= 0.3 is 0 Å². The lowest BCUT2D eigenvalue weighted by Crippen LogP contribution is -2.00. The molecule has 0 radical (unpaired) electrons. The Bertz CT molecular complexity index is 3180. The molecule has 0 aliphatic carbocycles. The Morgan fingerprint density at radius 3 is 1.54 bits per heavy atom. The number of rotatable bonds is 6. The Kier molecular flexibility index (Phi) is 7.42. The maximum Gasteiger partial charge on any atom is 0.164 e. The Hall–Kier alpha value is -7.63. The molecule has 3 aromatic heterocycles. The van der Waals surface area contributed by atoms with E-state index >= 15 is 0 Å². The van der Waals surface area contributed by atoms with Crippen LogP contribution >= 0.6 is 0 Å². The third kappa shape index (κ3) is 5.37. The lowest BCUT2D eigenvalue weighted by molar-refractivity contribution is 0.666. The average Bonchev–Trinajstić information content (AvgIpc) is 3.82. The zero-order chi connectivity index (χ0) is 37.0. The number of hydrogen-bond donors (Lipinski definition) is 0. The summed E-state index contributed by atoms with van der Waals surface area (Å²) in [5.74, 6) is 1.90. The van der Waals surface area contributed by atoms with Crippen LogP contribution in [-0.4, -0.2) is 19.5 Å². The van der Waals surface area contributed by atoms with Crippen LogP contribution < -0.4 is 0 Å². The summed E-state index contributed by atoms with van der Waals surface area (Å²) in [6.07, 6.45) is 0. The summed E-state index contributed by atoms with van der Waals surface area (Å²) >= 11 is 0. The van der Waals surface area contributed by atoms with Gasteiger partial charge in [-0.2, -0.15) is 0 Å². The van der Waals surface area contributed by atoms with E-state index in [1.54, 1.807) is 0 Å². The molecule has 0 atom stereocenters. The van der Waals surface area contributed by atoms with Crippen molar-refractivity contribution in [3.05, 3.63) is 194 Å². The SMILES string of the molecule is c1ccc(-c2cccc(-c3ccc4oc5c(-n6c7ccccc7c7cc(-c8nc(-c9ccccc9)nc(-c9ccccc9)n8)ccc76)cccc5c4c3)c2)cc1. The first kappa shape index (κ1) is 31.9. The van der Waals surface area contributed by atoms with Crippen LogP contribution in [0.1, 0.15) is 0 Å². The highest BCUT2D eigenvalue weighted by Gasteiger charge is 2.20. The van der Waals surface area contributed by atoms with Crippen molar-refractivity contribution in [2.24, 2.45) is 0 Å². The molecule has 0 aliphatic heterocycles. The minimum Gasteiger partial charge on any atom is -0.454 e. The van der Waals surface area contributed by atoms with Gasteiger partial charge in [-0.15, -0.1) is 0 Å². The van der Waals surface area contributed by atoms with Gasteiger partial charge in [-0.1, -0.05) is 146 Å². The van der Waals surface area contributed by atoms with Gasteiger partial charge in [-0.25, -0.2) is 15.0 Å². The van der Waals surface area contributed by atoms with E-state index in [4.69, 9.17) is 19.4 Å². The number of nitrogens with zero attached hydrogens (tertiary/aromatic N) is 4. The predicted octanol–water partition coefficient (Wildman–Crippen LogP) is 13.2. The number of benzene rings is 8. The van der Waals surface area contributed by atoms with Crippen LogP contribution in [0.15, 0.2) is 199 Å². The molecule has 8 aromatic carbocycles. The molecule has 0 bridgehead atoms. The number of furan rings is 1. The van der Waals surface area contributed by atoms with Gasteiger partial charge < -0.3 is 8.98 Å². The van der Waals surface area contributed by atoms with Crippen LogP contribution in [0.3, 0.4) is 0 Å². The molecular formula is C51H32N4O. The summed E-state index contributed by atoms with van der Waals surface area (Å²) in [7, 11) is 0. The van der Waals surface area contributed by atoms with Crippen molar-refractivity contribution in [3.63, 3.8) is 0 Å². The quantitative estimate of drug-likeness (QED) is 0.172. The first-order valence-corrected chi connectivity index (χ1v) is 18.8. The zero-order valence-corrected chi connectivity index (χ0v) is 30.2. The van der Waals surface area contributed by atoms with Crippen LogP contribution in [0.2, 0.25) is 0 Å². The molecule has 0 aliphatic rings. The van der Waals surface area contributed by atoms with Crippen LogP contribution in [0, 0.1) is 0 Å². The third-order valence-electron chi connectivity index (χ3n) is 10.7. The minimum absolute atomic E-state index is 0.626. The lowest BCUT2D eigenvalue weighted by atomic mass is 9.98. The molecule has 5 heteroatoms. The highest BCUT2D eigenvalue weighted by molar-refractivity contribution is 6.13. The first-order valence-electron chi connectivity index (χ1n) is 18.8. The topological polar surface area (TPSA) is 56.7 Å². The Labute approximate surface area is 322 Å². The summed E-state index contributed by atoms with van der Waals surface area (Å²) in [4.78, 5) is 14.9. The second-order valence-corrected chi connectivity index (χ2v) is 14.0. The zero-order valence-electron chi connectivity index (χ0n) is 30.2. The van der Waals surface area contributed by atoms with E-state index in [1.165, 1.54) is 16.7 Å². The van der Waals surface area contributed by atoms with Crippen molar-refractivity contribution in [1.29, 1.82) is 0 Å². The van der Waals surface area contributed by atoms with Crippen LogP contribution in [-0.2, 0) is 0 Å². The van der Waals surface area contributed by atoms with Gasteiger partial charge in [-0.3, -0.25) is 0 Å². The second kappa shape index (κ2) is 13.0. The average molecular weight is 717 g/mol. The molecule has 262 valence electrons. The van der Waals surface area contributed by atoms with Crippen LogP contribution in [0.25, 0.3) is 106 Å². The Balaban J connectivity index is 1.06. The standard InChI is InChI=1S/C51H32N4O/c1-4-14-33(15-5-1)36-20-12-21-37(30-36)38-27-29-47-43(31-38)41-23-13-25-46(48(41)56-47)55-44-24-11-10-22-40(44)42-32-39(26-28-45(42)55)51-53-49(34-16-6-2-7-17-34)52-50(54-51)35-18-8-3-9-19-35/h1-32H. The van der Waals surface area contributed by atoms with E-state index in [1.807, 2.05) is 60.7 Å². The number of hydrogen-bond acceptors (Lipinski definition) is 4. The summed E-state index contributed by atoms with van der Waals surface area (Å²) in [5, 5.41) is 4.41. The van der Waals surface area contributed by atoms with Gasteiger partial charge in [-0.05, 0) is 70.8 Å². The summed E-state index contributed by atoms with van der Waals surface area (Å²) in [6.45, 7) is 0. The molecule has 11 aromatic rings. The number of para-hydroxylation sites is 2. The normalized spacial score (nSPS) is 11.6. The molecule has 0 saturated carbocycles. The predicted molar refractivity (Wildman–Crippen MR) is 229 cm³/mol. The summed E-state index contributed by atoms with van der Waals surface area (Å²) < 4.78 is 9.07. The largest absolute Gasteiger partial charge is 0.454 e. The van der Waals surface area contributed by atoms with E-state index in [9.17, 15) is 0 Å². The molecule has 3 heterocycles. The van der Waals surface area contributed by atoms with Crippen molar-refractivity contribution in [2.75, 3.05) is 0 Å². The number of aromatic nitrogens is 4. The molecule has 0 fully saturated rings. The fraction of sp³-hybridized carbons (Fsp3) is 0. The molecule has 0 amide bonds. The smallest absolute Gasteiger partial charge is 0.164 e. The lowest BCUT2D eigenvalue weighted by Gasteiger charge is -2.10. The van der Waals surface area contributed by atoms with Crippen molar-refractivity contribution < 1.29 is 4.42 Å². The molecule has 0 saturated heterocycles. The summed E-state index contributed by atoms with van der Waals surface area (Å²) in [6, 6.07) is 67.5. The third-order valence-corrected chi connectivity index (χ3v) is 10.7. The molecule has 56 heavy (non-hydrogen) atoms. The van der Waals surface area contributed by atoms with Crippen LogP contribution in [0.4, 0.5) is 0 Å². The highest BCUT2D eigenvalue weighted by Crippen LogP contribution is 2.40. The molecule has 11 rings (SSSR count). The van der Waals surface area contributed by atoms with Gasteiger partial charge in [0.15, 0.2) is 23.1 Å². The van der Waals surface area contributed by atoms with Gasteiger partial charge in [0.1, 0.15) is 5.58 Å². The van der Waals surface area contributed by atoms with Gasteiger partial charge in [0.25, 0.3) is 0 Å². The monoisotopic (exact) mass is 716 g/mol. The van der Waals surface area contributed by atoms with E-state index < -0.39 is 0 Å². The highest BCUT2D eigenvalue weighted by atomic mass is 16.3. The van der Waals surface area contributed by atoms with E-state index in [2.05, 4.69) is 138 Å². The minimum atomic E-state index is 0.626. The molecule has 0 unspecified atom stereocenters. The van der Waals surface area contributed by atoms with Crippen molar-refractivity contribution in [1.82, 2.24) is 19.5 Å². The molecular weight excluding hydrogens is 685 g/mol. The van der Waals surface area contributed by atoms with Gasteiger partial charge in [0.05, 0.1) is 16.7 Å². The fourth-order valence-electron chi connectivity index (χ4n) is 7.96. The molecule has 5 nitrogen and oxygen atoms in total. The van der Waals surface area contributed by atoms with Crippen molar-refractivity contribution in [2.45, 2.75) is 0 Å². The second-order valence-electron chi connectivity index (χ2n) is 14.0. The Morgan fingerprint density at radius 1 is 0.321 bits per heavy atom. The van der Waals surface area contributed by atoms with Crippen molar-refractivity contribution in [3.8, 4) is 62.1 Å². The molecule has 0 N–H and O–H groups in total. The Morgan fingerprint density at radius 2 is 0.821 bits per heavy atom. The van der Waals surface area contributed by atoms with E-state index in [0.717, 1.165) is 71.7 Å². The van der Waals surface area contributed by atoms with Crippen LogP contribution in [0.5, 0.6) is 0 Å². The molecule has 0 spiro atoms. The van der Waals surface area contributed by atoms with Crippen molar-refractivity contribution >= 4 is 43.7 Å². The van der Waals surface area contributed by atoms with E-state index in [0.29, 0.717) is 17.5 Å². The first-order chi connectivity index (χ1) is 27.7. The maximum atomic E-state index is 6.74. The van der Waals surface area contributed by atoms with Gasteiger partial charge in [0, 0.05) is 38.2 Å². The van der Waals surface area contributed by atoms with Gasteiger partial charge in [0.2, 0.25) is 0 Å². The number of fused-ring (bicyclic) bond motifs is 6. The summed E-state index contributed by atoms with van der Waals surface area (Å²) in [5.41, 5.74) is 12.4. The fourth-order valence-corrected chi connectivity index (χ4v) is 7.96. The van der Waals surface area contributed by atoms with E-state index in [-0.39, 0.29) is 0 Å².